The van der Waals surface area contributed by atoms with E-state index in [0.717, 1.165) is 42.1 Å². The molecule has 1 aromatic heterocycles. The summed E-state index contributed by atoms with van der Waals surface area (Å²) in [5.41, 5.74) is 1.16. The molecule has 104 valence electrons. The lowest BCUT2D eigenvalue weighted by atomic mass is 9.93. The summed E-state index contributed by atoms with van der Waals surface area (Å²) in [6, 6.07) is 2.82. The van der Waals surface area contributed by atoms with Crippen molar-refractivity contribution in [2.45, 2.75) is 39.7 Å². The molecule has 0 saturated carbocycles. The number of nitrogens with one attached hydrogen (secondary N) is 1. The minimum atomic E-state index is 0.638. The molecular weight excluding hydrogens is 236 g/mol. The minimum Gasteiger partial charge on any atom is -0.353 e. The summed E-state index contributed by atoms with van der Waals surface area (Å²) in [6.45, 7) is 9.95. The number of hydrogen-bond acceptors (Lipinski definition) is 4. The van der Waals surface area contributed by atoms with Crippen molar-refractivity contribution in [2.75, 3.05) is 24.5 Å². The smallest absolute Gasteiger partial charge is 0.132 e. The fraction of sp³-hybridized carbons (Fsp3) is 0.733. The monoisotopic (exact) mass is 260 g/mol. The molecule has 1 aromatic rings. The first kappa shape index (κ1) is 12.9. The molecule has 3 rings (SSSR count). The quantitative estimate of drug-likeness (QED) is 0.899. The molecule has 2 fully saturated rings. The summed E-state index contributed by atoms with van der Waals surface area (Å²) in [5, 5.41) is 3.54. The van der Waals surface area contributed by atoms with Gasteiger partial charge in [0.05, 0.1) is 0 Å². The zero-order valence-electron chi connectivity index (χ0n) is 12.2. The van der Waals surface area contributed by atoms with Crippen molar-refractivity contribution < 1.29 is 0 Å². The number of hydrogen-bond donors (Lipinski definition) is 1. The number of aromatic nitrogens is 2. The van der Waals surface area contributed by atoms with E-state index >= 15 is 0 Å². The van der Waals surface area contributed by atoms with Crippen LogP contribution >= 0.6 is 0 Å². The zero-order valence-corrected chi connectivity index (χ0v) is 12.2. The third-order valence-corrected chi connectivity index (χ3v) is 4.67. The van der Waals surface area contributed by atoms with Crippen molar-refractivity contribution in [3.8, 4) is 0 Å². The highest BCUT2D eigenvalue weighted by Crippen LogP contribution is 2.36. The first-order valence-electron chi connectivity index (χ1n) is 7.54. The number of anilines is 1. The van der Waals surface area contributed by atoms with Gasteiger partial charge in [-0.1, -0.05) is 13.8 Å². The zero-order chi connectivity index (χ0) is 13.4. The van der Waals surface area contributed by atoms with Crippen molar-refractivity contribution in [3.05, 3.63) is 17.6 Å². The summed E-state index contributed by atoms with van der Waals surface area (Å²) >= 11 is 0. The third-order valence-electron chi connectivity index (χ3n) is 4.67. The van der Waals surface area contributed by atoms with Gasteiger partial charge in [0, 0.05) is 37.4 Å². The average molecular weight is 260 g/mol. The second-order valence-electron chi connectivity index (χ2n) is 5.83. The van der Waals surface area contributed by atoms with E-state index < -0.39 is 0 Å². The van der Waals surface area contributed by atoms with E-state index in [1.165, 1.54) is 19.5 Å². The Morgan fingerprint density at radius 3 is 2.89 bits per heavy atom. The van der Waals surface area contributed by atoms with Gasteiger partial charge in [-0.25, -0.2) is 9.97 Å². The van der Waals surface area contributed by atoms with E-state index in [1.807, 2.05) is 6.92 Å². The highest BCUT2D eigenvalue weighted by atomic mass is 15.3. The van der Waals surface area contributed by atoms with Crippen LogP contribution in [-0.4, -0.2) is 35.6 Å². The maximum absolute atomic E-state index is 4.68. The maximum atomic E-state index is 4.68. The van der Waals surface area contributed by atoms with Crippen LogP contribution in [0.2, 0.25) is 0 Å². The topological polar surface area (TPSA) is 41.0 Å². The van der Waals surface area contributed by atoms with E-state index in [9.17, 15) is 0 Å². The molecule has 19 heavy (non-hydrogen) atoms. The first-order chi connectivity index (χ1) is 9.22. The van der Waals surface area contributed by atoms with Crippen LogP contribution in [0.3, 0.4) is 0 Å². The van der Waals surface area contributed by atoms with Gasteiger partial charge < -0.3 is 10.2 Å². The van der Waals surface area contributed by atoms with Crippen molar-refractivity contribution >= 4 is 5.82 Å². The Kier molecular flexibility index (Phi) is 3.44. The summed E-state index contributed by atoms with van der Waals surface area (Å²) in [6.07, 6.45) is 2.18. The fourth-order valence-corrected chi connectivity index (χ4v) is 3.75. The average Bonchev–Trinajstić information content (AvgIpc) is 2.97. The normalized spacial score (nSPS) is 29.8. The molecule has 0 bridgehead atoms. The lowest BCUT2D eigenvalue weighted by molar-refractivity contribution is 0.441. The molecule has 2 saturated heterocycles. The van der Waals surface area contributed by atoms with E-state index in [2.05, 4.69) is 40.1 Å². The lowest BCUT2D eigenvalue weighted by Crippen LogP contribution is -2.35. The molecule has 3 unspecified atom stereocenters. The second kappa shape index (κ2) is 5.08. The largest absolute Gasteiger partial charge is 0.353 e. The second-order valence-corrected chi connectivity index (χ2v) is 5.83. The molecule has 3 heterocycles. The van der Waals surface area contributed by atoms with Gasteiger partial charge in [-0.05, 0) is 31.6 Å². The van der Waals surface area contributed by atoms with E-state index in [1.54, 1.807) is 0 Å². The van der Waals surface area contributed by atoms with Crippen molar-refractivity contribution in [3.63, 3.8) is 0 Å². The molecular formula is C15H24N4. The van der Waals surface area contributed by atoms with Crippen LogP contribution in [0.15, 0.2) is 6.07 Å². The third kappa shape index (κ3) is 2.22. The molecule has 4 heteroatoms. The SMILES string of the molecule is CCc1cc(N2CC3CNCC3C2CC)nc(C)n1. The molecule has 2 aliphatic heterocycles. The predicted octanol–water partition coefficient (Wildman–Crippen LogP) is 1.78. The molecule has 0 aliphatic carbocycles. The Morgan fingerprint density at radius 1 is 1.32 bits per heavy atom. The number of rotatable bonds is 3. The Balaban J connectivity index is 1.91. The number of fused-ring (bicyclic) bond motifs is 1. The molecule has 2 aliphatic rings. The molecule has 0 radical (unpaired) electrons. The molecule has 3 atom stereocenters. The Hall–Kier alpha value is -1.16. The van der Waals surface area contributed by atoms with Gasteiger partial charge in [-0.3, -0.25) is 0 Å². The lowest BCUT2D eigenvalue weighted by Gasteiger charge is -2.28. The van der Waals surface area contributed by atoms with Crippen LogP contribution in [0, 0.1) is 18.8 Å². The van der Waals surface area contributed by atoms with Gasteiger partial charge in [0.25, 0.3) is 0 Å². The predicted molar refractivity (Wildman–Crippen MR) is 77.4 cm³/mol. The number of nitrogens with zero attached hydrogens (tertiary/aromatic N) is 3. The van der Waals surface area contributed by atoms with E-state index in [-0.39, 0.29) is 0 Å². The van der Waals surface area contributed by atoms with Crippen LogP contribution in [0.5, 0.6) is 0 Å². The highest BCUT2D eigenvalue weighted by molar-refractivity contribution is 5.44. The van der Waals surface area contributed by atoms with Crippen LogP contribution in [0.4, 0.5) is 5.82 Å². The van der Waals surface area contributed by atoms with Gasteiger partial charge in [0.2, 0.25) is 0 Å². The number of aryl methyl sites for hydroxylation is 2. The van der Waals surface area contributed by atoms with Crippen molar-refractivity contribution in [1.82, 2.24) is 15.3 Å². The van der Waals surface area contributed by atoms with Gasteiger partial charge in [0.15, 0.2) is 0 Å². The van der Waals surface area contributed by atoms with Gasteiger partial charge in [-0.15, -0.1) is 0 Å². The van der Waals surface area contributed by atoms with Crippen LogP contribution in [0.1, 0.15) is 31.8 Å². The summed E-state index contributed by atoms with van der Waals surface area (Å²) in [5.74, 6) is 3.64. The summed E-state index contributed by atoms with van der Waals surface area (Å²) in [4.78, 5) is 11.7. The first-order valence-corrected chi connectivity index (χ1v) is 7.54. The van der Waals surface area contributed by atoms with Crippen LogP contribution in [0.25, 0.3) is 0 Å². The summed E-state index contributed by atoms with van der Waals surface area (Å²) < 4.78 is 0. The molecule has 0 spiro atoms. The Labute approximate surface area is 115 Å². The molecule has 4 nitrogen and oxygen atoms in total. The van der Waals surface area contributed by atoms with Gasteiger partial charge in [-0.2, -0.15) is 0 Å². The van der Waals surface area contributed by atoms with E-state index in [4.69, 9.17) is 0 Å². The van der Waals surface area contributed by atoms with Crippen molar-refractivity contribution in [2.24, 2.45) is 11.8 Å². The Morgan fingerprint density at radius 2 is 2.16 bits per heavy atom. The minimum absolute atomic E-state index is 0.638. The fourth-order valence-electron chi connectivity index (χ4n) is 3.75. The summed E-state index contributed by atoms with van der Waals surface area (Å²) in [7, 11) is 0. The van der Waals surface area contributed by atoms with Gasteiger partial charge in [0.1, 0.15) is 11.6 Å². The van der Waals surface area contributed by atoms with Crippen LogP contribution < -0.4 is 10.2 Å². The Bertz CT molecular complexity index is 459. The maximum Gasteiger partial charge on any atom is 0.132 e. The van der Waals surface area contributed by atoms with Gasteiger partial charge >= 0.3 is 0 Å². The standard InChI is InChI=1S/C15H24N4/c1-4-12-6-15(18-10(3)17-12)19-9-11-7-16-8-13(11)14(19)5-2/h6,11,13-14,16H,4-5,7-9H2,1-3H3. The van der Waals surface area contributed by atoms with Crippen LogP contribution in [-0.2, 0) is 6.42 Å². The molecule has 0 aromatic carbocycles. The molecule has 0 amide bonds. The van der Waals surface area contributed by atoms with E-state index in [0.29, 0.717) is 6.04 Å². The highest BCUT2D eigenvalue weighted by Gasteiger charge is 2.43. The molecule has 1 N–H and O–H groups in total. The van der Waals surface area contributed by atoms with Crippen molar-refractivity contribution in [1.29, 1.82) is 0 Å².